The molecule has 0 spiro atoms. The van der Waals surface area contributed by atoms with Gasteiger partial charge >= 0.3 is 0 Å². The highest BCUT2D eigenvalue weighted by atomic mass is 35.5. The summed E-state index contributed by atoms with van der Waals surface area (Å²) in [5.41, 5.74) is 2.00. The predicted molar refractivity (Wildman–Crippen MR) is 82.0 cm³/mol. The Balaban J connectivity index is 2.37. The molecule has 1 aromatic heterocycles. The van der Waals surface area contributed by atoms with Crippen molar-refractivity contribution in [2.75, 3.05) is 4.72 Å². The molecule has 0 aliphatic rings. The van der Waals surface area contributed by atoms with Gasteiger partial charge in [0.15, 0.2) is 0 Å². The highest BCUT2D eigenvalue weighted by Crippen LogP contribution is 2.29. The maximum Gasteiger partial charge on any atom is 0.271 e. The molecular weight excluding hydrogens is 318 g/mol. The van der Waals surface area contributed by atoms with Crippen LogP contribution in [0.5, 0.6) is 0 Å². The SMILES string of the molecule is Cc1ccc(Cl)cc1NS(=O)(=O)c1cc(C)c(CO)s1. The Kier molecular flexibility index (Phi) is 4.39. The number of benzene rings is 1. The normalized spacial score (nSPS) is 11.6. The van der Waals surface area contributed by atoms with Crippen LogP contribution < -0.4 is 4.72 Å². The molecule has 0 amide bonds. The highest BCUT2D eigenvalue weighted by molar-refractivity contribution is 7.94. The molecule has 20 heavy (non-hydrogen) atoms. The van der Waals surface area contributed by atoms with E-state index >= 15 is 0 Å². The predicted octanol–water partition coefficient (Wildman–Crippen LogP) is 3.31. The molecule has 0 radical (unpaired) electrons. The first kappa shape index (κ1) is 15.3. The van der Waals surface area contributed by atoms with E-state index in [0.717, 1.165) is 22.5 Å². The Labute approximate surface area is 127 Å². The quantitative estimate of drug-likeness (QED) is 0.903. The number of hydrogen-bond acceptors (Lipinski definition) is 4. The number of thiophene rings is 1. The van der Waals surface area contributed by atoms with Gasteiger partial charge in [-0.2, -0.15) is 0 Å². The second kappa shape index (κ2) is 5.73. The van der Waals surface area contributed by atoms with Gasteiger partial charge in [-0.3, -0.25) is 4.72 Å². The number of anilines is 1. The van der Waals surface area contributed by atoms with Crippen LogP contribution in [0.1, 0.15) is 16.0 Å². The third-order valence-corrected chi connectivity index (χ3v) is 6.15. The number of sulfonamides is 1. The van der Waals surface area contributed by atoms with Crippen molar-refractivity contribution in [2.45, 2.75) is 24.7 Å². The second-order valence-corrected chi connectivity index (χ2v) is 7.88. The number of nitrogens with one attached hydrogen (secondary N) is 1. The van der Waals surface area contributed by atoms with Crippen LogP contribution in [0.3, 0.4) is 0 Å². The monoisotopic (exact) mass is 331 g/mol. The summed E-state index contributed by atoms with van der Waals surface area (Å²) in [7, 11) is -3.67. The van der Waals surface area contributed by atoms with Gasteiger partial charge in [0.1, 0.15) is 4.21 Å². The molecule has 2 aromatic rings. The molecule has 0 saturated carbocycles. The Morgan fingerprint density at radius 2 is 1.95 bits per heavy atom. The summed E-state index contributed by atoms with van der Waals surface area (Å²) >= 11 is 6.94. The third kappa shape index (κ3) is 3.15. The lowest BCUT2D eigenvalue weighted by atomic mass is 10.2. The molecular formula is C13H14ClNO3S2. The number of aryl methyl sites for hydroxylation is 2. The molecule has 0 unspecified atom stereocenters. The molecule has 0 aliphatic carbocycles. The molecule has 0 bridgehead atoms. The molecule has 2 rings (SSSR count). The molecule has 108 valence electrons. The van der Waals surface area contributed by atoms with Crippen LogP contribution in [0, 0.1) is 13.8 Å². The molecule has 4 nitrogen and oxygen atoms in total. The number of hydrogen-bond donors (Lipinski definition) is 2. The van der Waals surface area contributed by atoms with E-state index in [9.17, 15) is 8.42 Å². The fourth-order valence-corrected chi connectivity index (χ4v) is 4.42. The summed E-state index contributed by atoms with van der Waals surface area (Å²) in [5.74, 6) is 0. The van der Waals surface area contributed by atoms with Crippen molar-refractivity contribution >= 4 is 38.6 Å². The van der Waals surface area contributed by atoms with Gasteiger partial charge in [0, 0.05) is 9.90 Å². The van der Waals surface area contributed by atoms with Crippen molar-refractivity contribution in [1.29, 1.82) is 0 Å². The lowest BCUT2D eigenvalue weighted by Gasteiger charge is -2.09. The summed E-state index contributed by atoms with van der Waals surface area (Å²) in [6, 6.07) is 6.58. The first-order chi connectivity index (χ1) is 9.33. The molecule has 2 N–H and O–H groups in total. The standard InChI is InChI=1S/C13H14ClNO3S2/c1-8-3-4-10(14)6-11(8)15-20(17,18)13-5-9(2)12(7-16)19-13/h3-6,15-16H,7H2,1-2H3. The second-order valence-electron chi connectivity index (χ2n) is 4.39. The fraction of sp³-hybridized carbons (Fsp3) is 0.231. The number of rotatable bonds is 4. The van der Waals surface area contributed by atoms with Crippen LogP contribution in [0.4, 0.5) is 5.69 Å². The van der Waals surface area contributed by atoms with E-state index in [2.05, 4.69) is 4.72 Å². The largest absolute Gasteiger partial charge is 0.391 e. The lowest BCUT2D eigenvalue weighted by molar-refractivity contribution is 0.285. The van der Waals surface area contributed by atoms with Crippen molar-refractivity contribution in [3.63, 3.8) is 0 Å². The van der Waals surface area contributed by atoms with Crippen LogP contribution in [-0.4, -0.2) is 13.5 Å². The summed E-state index contributed by atoms with van der Waals surface area (Å²) in [6.07, 6.45) is 0. The first-order valence-electron chi connectivity index (χ1n) is 5.82. The Hall–Kier alpha value is -1.08. The van der Waals surface area contributed by atoms with Crippen LogP contribution in [0.2, 0.25) is 5.02 Å². The smallest absolute Gasteiger partial charge is 0.271 e. The van der Waals surface area contributed by atoms with E-state index in [1.807, 2.05) is 0 Å². The minimum atomic E-state index is -3.67. The van der Waals surface area contributed by atoms with Gasteiger partial charge in [-0.15, -0.1) is 11.3 Å². The summed E-state index contributed by atoms with van der Waals surface area (Å²) in [5, 5.41) is 9.61. The molecule has 0 atom stereocenters. The molecule has 1 aromatic carbocycles. The number of aliphatic hydroxyl groups is 1. The average molecular weight is 332 g/mol. The van der Waals surface area contributed by atoms with Gasteiger partial charge in [-0.25, -0.2) is 8.42 Å². The fourth-order valence-electron chi connectivity index (χ4n) is 1.68. The minimum absolute atomic E-state index is 0.164. The van der Waals surface area contributed by atoms with E-state index in [4.69, 9.17) is 16.7 Å². The van der Waals surface area contributed by atoms with Crippen LogP contribution in [-0.2, 0) is 16.6 Å². The average Bonchev–Trinajstić information content (AvgIpc) is 2.76. The van der Waals surface area contributed by atoms with E-state index in [0.29, 0.717) is 15.6 Å². The van der Waals surface area contributed by atoms with Gasteiger partial charge in [0.05, 0.1) is 12.3 Å². The minimum Gasteiger partial charge on any atom is -0.391 e. The van der Waals surface area contributed by atoms with Gasteiger partial charge < -0.3 is 5.11 Å². The maximum absolute atomic E-state index is 12.3. The third-order valence-electron chi connectivity index (χ3n) is 2.85. The highest BCUT2D eigenvalue weighted by Gasteiger charge is 2.19. The Bertz CT molecular complexity index is 738. The van der Waals surface area contributed by atoms with E-state index in [1.165, 1.54) is 0 Å². The number of aliphatic hydroxyl groups excluding tert-OH is 1. The van der Waals surface area contributed by atoms with Gasteiger partial charge in [-0.1, -0.05) is 17.7 Å². The molecule has 0 saturated heterocycles. The van der Waals surface area contributed by atoms with Crippen LogP contribution >= 0.6 is 22.9 Å². The van der Waals surface area contributed by atoms with Crippen molar-refractivity contribution < 1.29 is 13.5 Å². The zero-order valence-corrected chi connectivity index (χ0v) is 13.4. The van der Waals surface area contributed by atoms with Crippen LogP contribution in [0.15, 0.2) is 28.5 Å². The number of halogens is 1. The van der Waals surface area contributed by atoms with Gasteiger partial charge in [0.2, 0.25) is 0 Å². The van der Waals surface area contributed by atoms with E-state index in [-0.39, 0.29) is 10.8 Å². The zero-order chi connectivity index (χ0) is 14.9. The van der Waals surface area contributed by atoms with E-state index in [1.54, 1.807) is 38.1 Å². The lowest BCUT2D eigenvalue weighted by Crippen LogP contribution is -2.12. The summed E-state index contributed by atoms with van der Waals surface area (Å²) in [6.45, 7) is 3.40. The van der Waals surface area contributed by atoms with Gasteiger partial charge in [0.25, 0.3) is 10.0 Å². The molecule has 7 heteroatoms. The van der Waals surface area contributed by atoms with Crippen molar-refractivity contribution in [3.05, 3.63) is 45.3 Å². The Morgan fingerprint density at radius 3 is 2.55 bits per heavy atom. The topological polar surface area (TPSA) is 66.4 Å². The van der Waals surface area contributed by atoms with Crippen molar-refractivity contribution in [3.8, 4) is 0 Å². The maximum atomic E-state index is 12.3. The van der Waals surface area contributed by atoms with Crippen LogP contribution in [0.25, 0.3) is 0 Å². The summed E-state index contributed by atoms with van der Waals surface area (Å²) in [4.78, 5) is 0.646. The Morgan fingerprint density at radius 1 is 1.25 bits per heavy atom. The van der Waals surface area contributed by atoms with Crippen molar-refractivity contribution in [2.24, 2.45) is 0 Å². The van der Waals surface area contributed by atoms with Crippen molar-refractivity contribution in [1.82, 2.24) is 0 Å². The molecule has 0 fully saturated rings. The first-order valence-corrected chi connectivity index (χ1v) is 8.50. The molecule has 1 heterocycles. The van der Waals surface area contributed by atoms with Gasteiger partial charge in [-0.05, 0) is 43.2 Å². The molecule has 0 aliphatic heterocycles. The zero-order valence-electron chi connectivity index (χ0n) is 11.0. The summed E-state index contributed by atoms with van der Waals surface area (Å²) < 4.78 is 27.3. The van der Waals surface area contributed by atoms with E-state index < -0.39 is 10.0 Å².